The lowest BCUT2D eigenvalue weighted by molar-refractivity contribution is 0.187. The second kappa shape index (κ2) is 7.43. The van der Waals surface area contributed by atoms with E-state index in [1.165, 1.54) is 19.2 Å². The van der Waals surface area contributed by atoms with Gasteiger partial charge in [-0.15, -0.1) is 0 Å². The van der Waals surface area contributed by atoms with Crippen molar-refractivity contribution in [3.8, 4) is 11.3 Å². The minimum absolute atomic E-state index is 0.274. The number of nitrogens with zero attached hydrogens (tertiary/aromatic N) is 2. The number of amides is 1. The first-order chi connectivity index (χ1) is 14.0. The summed E-state index contributed by atoms with van der Waals surface area (Å²) in [7, 11) is 1.32. The van der Waals surface area contributed by atoms with E-state index in [0.717, 1.165) is 39.1 Å². The van der Waals surface area contributed by atoms with Crippen molar-refractivity contribution in [1.82, 2.24) is 9.38 Å². The largest absolute Gasteiger partial charge is 0.453 e. The van der Waals surface area contributed by atoms with Crippen molar-refractivity contribution in [2.45, 2.75) is 13.8 Å². The van der Waals surface area contributed by atoms with Crippen LogP contribution in [0.2, 0.25) is 0 Å². The summed E-state index contributed by atoms with van der Waals surface area (Å²) in [6.07, 6.45) is 1.42. The molecule has 2 N–H and O–H groups in total. The van der Waals surface area contributed by atoms with E-state index in [9.17, 15) is 9.18 Å². The van der Waals surface area contributed by atoms with Gasteiger partial charge in [-0.2, -0.15) is 0 Å². The Labute approximate surface area is 167 Å². The Morgan fingerprint density at radius 1 is 1.21 bits per heavy atom. The van der Waals surface area contributed by atoms with E-state index in [4.69, 9.17) is 4.98 Å². The second-order valence-corrected chi connectivity index (χ2v) is 6.73. The maximum absolute atomic E-state index is 13.6. The Morgan fingerprint density at radius 2 is 2.03 bits per heavy atom. The number of hydrogen-bond acceptors (Lipinski definition) is 4. The number of anilines is 2. The maximum Gasteiger partial charge on any atom is 0.411 e. The highest BCUT2D eigenvalue weighted by Crippen LogP contribution is 2.34. The fourth-order valence-corrected chi connectivity index (χ4v) is 3.48. The highest BCUT2D eigenvalue weighted by molar-refractivity contribution is 6.00. The van der Waals surface area contributed by atoms with Crippen molar-refractivity contribution in [2.24, 2.45) is 0 Å². The molecule has 0 spiro atoms. The minimum atomic E-state index is -0.532. The maximum atomic E-state index is 13.6. The van der Waals surface area contributed by atoms with Gasteiger partial charge in [-0.25, -0.2) is 14.2 Å². The zero-order chi connectivity index (χ0) is 20.5. The number of ether oxygens (including phenoxy) is 1. The van der Waals surface area contributed by atoms with E-state index in [1.54, 1.807) is 6.07 Å². The van der Waals surface area contributed by atoms with Gasteiger partial charge in [0.2, 0.25) is 0 Å². The molecule has 148 valence electrons. The zero-order valence-corrected chi connectivity index (χ0v) is 16.4. The SMILES string of the molecule is CCNc1c(-c2ccc(F)cc2C)nc2c3cc(NC(=O)OC)ccc3ccn12. The lowest BCUT2D eigenvalue weighted by atomic mass is 10.1. The Hall–Kier alpha value is -3.61. The third-order valence-electron chi connectivity index (χ3n) is 4.83. The molecule has 2 heterocycles. The van der Waals surface area contributed by atoms with E-state index in [0.29, 0.717) is 12.2 Å². The first-order valence-electron chi connectivity index (χ1n) is 9.32. The van der Waals surface area contributed by atoms with E-state index in [2.05, 4.69) is 15.4 Å². The molecule has 0 atom stereocenters. The van der Waals surface area contributed by atoms with Crippen LogP contribution < -0.4 is 10.6 Å². The number of fused-ring (bicyclic) bond motifs is 3. The van der Waals surface area contributed by atoms with Gasteiger partial charge in [-0.1, -0.05) is 6.07 Å². The van der Waals surface area contributed by atoms with Crippen LogP contribution in [0.5, 0.6) is 0 Å². The molecule has 0 aliphatic carbocycles. The Balaban J connectivity index is 1.97. The molecule has 1 amide bonds. The van der Waals surface area contributed by atoms with Gasteiger partial charge >= 0.3 is 6.09 Å². The van der Waals surface area contributed by atoms with Crippen LogP contribution in [-0.4, -0.2) is 29.1 Å². The normalized spacial score (nSPS) is 11.0. The number of nitrogens with one attached hydrogen (secondary N) is 2. The topological polar surface area (TPSA) is 67.7 Å². The van der Waals surface area contributed by atoms with Crippen molar-refractivity contribution in [3.63, 3.8) is 0 Å². The molecule has 4 aromatic rings. The number of aryl methyl sites for hydroxylation is 1. The zero-order valence-electron chi connectivity index (χ0n) is 16.4. The first-order valence-corrected chi connectivity index (χ1v) is 9.32. The molecule has 7 heteroatoms. The molecule has 2 aromatic heterocycles. The fourth-order valence-electron chi connectivity index (χ4n) is 3.48. The standard InChI is InChI=1S/C22H21FN4O2/c1-4-24-21-19(17-8-6-15(23)11-13(17)2)26-20-18-12-16(25-22(28)29-3)7-5-14(18)9-10-27(20)21/h5-12,24H,4H2,1-3H3,(H,25,28). The Kier molecular flexibility index (Phi) is 4.80. The molecule has 0 aliphatic heterocycles. The molecule has 6 nitrogen and oxygen atoms in total. The lowest BCUT2D eigenvalue weighted by Gasteiger charge is -2.09. The molecular weight excluding hydrogens is 371 g/mol. The van der Waals surface area contributed by atoms with Gasteiger partial charge in [0.25, 0.3) is 0 Å². The predicted octanol–water partition coefficient (Wildman–Crippen LogP) is 5.21. The third-order valence-corrected chi connectivity index (χ3v) is 4.83. The monoisotopic (exact) mass is 392 g/mol. The van der Waals surface area contributed by atoms with Crippen LogP contribution in [0.25, 0.3) is 27.7 Å². The lowest BCUT2D eigenvalue weighted by Crippen LogP contribution is -2.10. The molecule has 0 fully saturated rings. The summed E-state index contributed by atoms with van der Waals surface area (Å²) in [5, 5.41) is 7.93. The molecule has 0 saturated heterocycles. The molecule has 29 heavy (non-hydrogen) atoms. The highest BCUT2D eigenvalue weighted by Gasteiger charge is 2.17. The molecule has 2 aromatic carbocycles. The number of rotatable bonds is 4. The van der Waals surface area contributed by atoms with Crippen molar-refractivity contribution in [1.29, 1.82) is 0 Å². The Bertz CT molecular complexity index is 1230. The van der Waals surface area contributed by atoms with Crippen LogP contribution in [0, 0.1) is 12.7 Å². The molecule has 0 unspecified atom stereocenters. The van der Waals surface area contributed by atoms with E-state index in [1.807, 2.05) is 48.7 Å². The molecule has 4 rings (SSSR count). The summed E-state index contributed by atoms with van der Waals surface area (Å²) in [6, 6.07) is 12.3. The second-order valence-electron chi connectivity index (χ2n) is 6.73. The summed E-state index contributed by atoms with van der Waals surface area (Å²) in [4.78, 5) is 16.5. The number of benzene rings is 2. The van der Waals surface area contributed by atoms with Crippen LogP contribution in [0.1, 0.15) is 12.5 Å². The molecule has 0 aliphatic rings. The first kappa shape index (κ1) is 18.7. The smallest absolute Gasteiger partial charge is 0.411 e. The van der Waals surface area contributed by atoms with Gasteiger partial charge in [0.05, 0.1) is 7.11 Å². The predicted molar refractivity (Wildman–Crippen MR) is 113 cm³/mol. The molecular formula is C22H21FN4O2. The van der Waals surface area contributed by atoms with Crippen LogP contribution in [0.3, 0.4) is 0 Å². The molecule has 0 bridgehead atoms. The van der Waals surface area contributed by atoms with E-state index in [-0.39, 0.29) is 5.82 Å². The minimum Gasteiger partial charge on any atom is -0.453 e. The van der Waals surface area contributed by atoms with Gasteiger partial charge in [0.15, 0.2) is 0 Å². The van der Waals surface area contributed by atoms with Gasteiger partial charge in [-0.05, 0) is 61.2 Å². The van der Waals surface area contributed by atoms with Crippen LogP contribution in [0.15, 0.2) is 48.7 Å². The van der Waals surface area contributed by atoms with Gasteiger partial charge in [0.1, 0.15) is 23.0 Å². The van der Waals surface area contributed by atoms with Gasteiger partial charge < -0.3 is 10.1 Å². The summed E-state index contributed by atoms with van der Waals surface area (Å²) < 4.78 is 20.3. The van der Waals surface area contributed by atoms with Crippen LogP contribution in [-0.2, 0) is 4.74 Å². The average molecular weight is 392 g/mol. The number of imidazole rings is 1. The van der Waals surface area contributed by atoms with E-state index < -0.39 is 6.09 Å². The van der Waals surface area contributed by atoms with E-state index >= 15 is 0 Å². The quantitative estimate of drug-likeness (QED) is 0.500. The summed E-state index contributed by atoms with van der Waals surface area (Å²) in [5.74, 6) is 0.564. The molecule has 0 radical (unpaired) electrons. The van der Waals surface area contributed by atoms with Crippen LogP contribution in [0.4, 0.5) is 20.7 Å². The number of methoxy groups -OCH3 is 1. The number of pyridine rings is 1. The Morgan fingerprint density at radius 3 is 2.76 bits per heavy atom. The van der Waals surface area contributed by atoms with Gasteiger partial charge in [-0.3, -0.25) is 9.72 Å². The average Bonchev–Trinajstić information content (AvgIpc) is 3.07. The molecule has 0 saturated carbocycles. The summed E-state index contributed by atoms with van der Waals surface area (Å²) in [6.45, 7) is 4.60. The number of halogens is 1. The van der Waals surface area contributed by atoms with Crippen molar-refractivity contribution >= 4 is 34.0 Å². The number of carbonyl (C=O) groups excluding carboxylic acids is 1. The van der Waals surface area contributed by atoms with Crippen molar-refractivity contribution in [2.75, 3.05) is 24.3 Å². The number of carbonyl (C=O) groups is 1. The summed E-state index contributed by atoms with van der Waals surface area (Å²) >= 11 is 0. The number of hydrogen-bond donors (Lipinski definition) is 2. The van der Waals surface area contributed by atoms with Gasteiger partial charge in [0, 0.05) is 29.4 Å². The fraction of sp³-hybridized carbons (Fsp3) is 0.182. The van der Waals surface area contributed by atoms with Crippen molar-refractivity contribution in [3.05, 3.63) is 60.0 Å². The van der Waals surface area contributed by atoms with Crippen molar-refractivity contribution < 1.29 is 13.9 Å². The third kappa shape index (κ3) is 3.35. The highest BCUT2D eigenvalue weighted by atomic mass is 19.1. The van der Waals surface area contributed by atoms with Crippen LogP contribution >= 0.6 is 0 Å². The number of aromatic nitrogens is 2. The summed E-state index contributed by atoms with van der Waals surface area (Å²) in [5.41, 5.74) is 3.78.